The molecule has 0 radical (unpaired) electrons. The first kappa shape index (κ1) is 15.2. The minimum absolute atomic E-state index is 0.160. The number of carbonyl (C=O) groups is 1. The zero-order valence-corrected chi connectivity index (χ0v) is 13.9. The second kappa shape index (κ2) is 4.97. The zero-order chi connectivity index (χ0) is 14.4. The monoisotopic (exact) mass is 284 g/mol. The highest BCUT2D eigenvalue weighted by Gasteiger charge is 2.51. The van der Waals surface area contributed by atoms with Gasteiger partial charge >= 0.3 is 0 Å². The predicted octanol–water partition coefficient (Wildman–Crippen LogP) is 2.98. The molecule has 2 aliphatic carbocycles. The number of fused-ring (bicyclic) bond motifs is 1. The molecule has 1 N–H and O–H groups in total. The number of aliphatic hydroxyl groups excluding tert-OH is 1. The lowest BCUT2D eigenvalue weighted by molar-refractivity contribution is -0.118. The van der Waals surface area contributed by atoms with E-state index in [0.29, 0.717) is 30.5 Å². The van der Waals surface area contributed by atoms with Crippen molar-refractivity contribution in [1.29, 1.82) is 0 Å². The largest absolute Gasteiger partial charge is 0.414 e. The van der Waals surface area contributed by atoms with E-state index in [-0.39, 0.29) is 23.7 Å². The summed E-state index contributed by atoms with van der Waals surface area (Å²) in [5.41, 5.74) is 0. The summed E-state index contributed by atoms with van der Waals surface area (Å²) in [6.07, 6.45) is 2.49. The SMILES string of the molecule is CC(C)(C)[Si](C)(C)OC1CC2CC(=O)CC2C1CO. The van der Waals surface area contributed by atoms with E-state index in [1.165, 1.54) is 0 Å². The molecule has 0 aromatic heterocycles. The van der Waals surface area contributed by atoms with E-state index in [4.69, 9.17) is 4.43 Å². The fourth-order valence-corrected chi connectivity index (χ4v) is 4.79. The normalized spacial score (nSPS) is 35.8. The number of carbonyl (C=O) groups excluding carboxylic acids is 1. The van der Waals surface area contributed by atoms with E-state index < -0.39 is 8.32 Å². The molecule has 0 aromatic rings. The van der Waals surface area contributed by atoms with Crippen LogP contribution in [0.4, 0.5) is 0 Å². The highest BCUT2D eigenvalue weighted by atomic mass is 28.4. The molecule has 0 aliphatic heterocycles. The van der Waals surface area contributed by atoms with Crippen LogP contribution in [0.25, 0.3) is 0 Å². The summed E-state index contributed by atoms with van der Waals surface area (Å²) in [6.45, 7) is 11.4. The van der Waals surface area contributed by atoms with Crippen LogP contribution in [0, 0.1) is 17.8 Å². The van der Waals surface area contributed by atoms with Gasteiger partial charge in [-0.05, 0) is 36.4 Å². The van der Waals surface area contributed by atoms with Gasteiger partial charge in [0.25, 0.3) is 0 Å². The number of hydrogen-bond acceptors (Lipinski definition) is 3. The van der Waals surface area contributed by atoms with Crippen LogP contribution in [0.1, 0.15) is 40.0 Å². The van der Waals surface area contributed by atoms with Gasteiger partial charge in [0.1, 0.15) is 5.78 Å². The van der Waals surface area contributed by atoms with Crippen LogP contribution in [0.2, 0.25) is 18.1 Å². The van der Waals surface area contributed by atoms with Crippen molar-refractivity contribution in [3.63, 3.8) is 0 Å². The van der Waals surface area contributed by atoms with E-state index in [9.17, 15) is 9.90 Å². The van der Waals surface area contributed by atoms with Gasteiger partial charge in [0.15, 0.2) is 8.32 Å². The number of aliphatic hydroxyl groups is 1. The number of rotatable bonds is 3. The van der Waals surface area contributed by atoms with Gasteiger partial charge in [0.2, 0.25) is 0 Å². The summed E-state index contributed by atoms with van der Waals surface area (Å²) in [6, 6.07) is 0. The Morgan fingerprint density at radius 3 is 2.47 bits per heavy atom. The second-order valence-electron chi connectivity index (χ2n) is 7.87. The molecule has 0 spiro atoms. The smallest absolute Gasteiger partial charge is 0.192 e. The lowest BCUT2D eigenvalue weighted by Gasteiger charge is -2.40. The molecule has 2 rings (SSSR count). The van der Waals surface area contributed by atoms with Gasteiger partial charge in [-0.15, -0.1) is 0 Å². The third-order valence-corrected chi connectivity index (χ3v) is 10.1. The molecule has 4 unspecified atom stereocenters. The summed E-state index contributed by atoms with van der Waals surface area (Å²) < 4.78 is 6.51. The first-order valence-electron chi connectivity index (χ1n) is 7.46. The van der Waals surface area contributed by atoms with Crippen LogP contribution < -0.4 is 0 Å². The average Bonchev–Trinajstić information content (AvgIpc) is 2.70. The Balaban J connectivity index is 2.08. The Morgan fingerprint density at radius 1 is 1.32 bits per heavy atom. The van der Waals surface area contributed by atoms with Crippen molar-refractivity contribution in [2.24, 2.45) is 17.8 Å². The van der Waals surface area contributed by atoms with Crippen molar-refractivity contribution in [2.75, 3.05) is 6.61 Å². The summed E-state index contributed by atoms with van der Waals surface area (Å²) in [7, 11) is -1.79. The molecule has 0 saturated heterocycles. The van der Waals surface area contributed by atoms with Gasteiger partial charge in [-0.2, -0.15) is 0 Å². The topological polar surface area (TPSA) is 46.5 Å². The molecule has 0 aromatic carbocycles. The summed E-state index contributed by atoms with van der Waals surface area (Å²) in [5.74, 6) is 1.37. The lowest BCUT2D eigenvalue weighted by Crippen LogP contribution is -2.45. The maximum absolute atomic E-state index is 11.6. The van der Waals surface area contributed by atoms with Crippen LogP contribution in [0.3, 0.4) is 0 Å². The van der Waals surface area contributed by atoms with Gasteiger partial charge in [0.05, 0.1) is 6.10 Å². The molecular weight excluding hydrogens is 256 g/mol. The minimum Gasteiger partial charge on any atom is -0.414 e. The summed E-state index contributed by atoms with van der Waals surface area (Å²) >= 11 is 0. The average molecular weight is 284 g/mol. The zero-order valence-electron chi connectivity index (χ0n) is 12.9. The van der Waals surface area contributed by atoms with E-state index in [1.807, 2.05) is 0 Å². The minimum atomic E-state index is -1.79. The molecule has 0 bridgehead atoms. The lowest BCUT2D eigenvalue weighted by atomic mass is 9.92. The first-order chi connectivity index (χ1) is 8.65. The maximum atomic E-state index is 11.6. The standard InChI is InChI=1S/C15H28O3Si/c1-15(2,3)19(4,5)18-14-7-10-6-11(17)8-12(10)13(14)9-16/h10,12-14,16H,6-9H2,1-5H3. The fourth-order valence-electron chi connectivity index (χ4n) is 3.41. The van der Waals surface area contributed by atoms with Crippen molar-refractivity contribution in [2.45, 2.75) is 64.3 Å². The second-order valence-corrected chi connectivity index (χ2v) is 12.6. The number of hydrogen-bond donors (Lipinski definition) is 1. The highest BCUT2D eigenvalue weighted by molar-refractivity contribution is 6.74. The molecule has 4 atom stereocenters. The molecule has 110 valence electrons. The van der Waals surface area contributed by atoms with Crippen molar-refractivity contribution < 1.29 is 14.3 Å². The molecule has 0 amide bonds. The van der Waals surface area contributed by atoms with Crippen LogP contribution in [-0.4, -0.2) is 31.9 Å². The van der Waals surface area contributed by atoms with Gasteiger partial charge in [-0.25, -0.2) is 0 Å². The van der Waals surface area contributed by atoms with Gasteiger partial charge < -0.3 is 9.53 Å². The molecular formula is C15H28O3Si. The Kier molecular flexibility index (Phi) is 3.98. The molecule has 2 saturated carbocycles. The van der Waals surface area contributed by atoms with Crippen molar-refractivity contribution in [1.82, 2.24) is 0 Å². The predicted molar refractivity (Wildman–Crippen MR) is 78.5 cm³/mol. The third kappa shape index (κ3) is 2.81. The Hall–Kier alpha value is -0.193. The van der Waals surface area contributed by atoms with Crippen molar-refractivity contribution in [3.05, 3.63) is 0 Å². The van der Waals surface area contributed by atoms with Crippen molar-refractivity contribution in [3.8, 4) is 0 Å². The quantitative estimate of drug-likeness (QED) is 0.810. The highest BCUT2D eigenvalue weighted by Crippen LogP contribution is 2.49. The first-order valence-corrected chi connectivity index (χ1v) is 10.4. The van der Waals surface area contributed by atoms with Gasteiger partial charge in [-0.1, -0.05) is 20.8 Å². The summed E-state index contributed by atoms with van der Waals surface area (Å²) in [4.78, 5) is 11.6. The Morgan fingerprint density at radius 2 is 1.95 bits per heavy atom. The van der Waals surface area contributed by atoms with E-state index in [0.717, 1.165) is 6.42 Å². The van der Waals surface area contributed by atoms with E-state index in [1.54, 1.807) is 0 Å². The molecule has 3 nitrogen and oxygen atoms in total. The maximum Gasteiger partial charge on any atom is 0.192 e. The van der Waals surface area contributed by atoms with Crippen LogP contribution in [0.5, 0.6) is 0 Å². The molecule has 4 heteroatoms. The fraction of sp³-hybridized carbons (Fsp3) is 0.933. The van der Waals surface area contributed by atoms with Crippen LogP contribution >= 0.6 is 0 Å². The van der Waals surface area contributed by atoms with Crippen LogP contribution in [-0.2, 0) is 9.22 Å². The molecule has 19 heavy (non-hydrogen) atoms. The van der Waals surface area contributed by atoms with Crippen molar-refractivity contribution >= 4 is 14.1 Å². The molecule has 2 aliphatic rings. The van der Waals surface area contributed by atoms with Gasteiger partial charge in [-0.3, -0.25) is 4.79 Å². The Labute approximate surface area is 117 Å². The third-order valence-electron chi connectivity index (χ3n) is 5.58. The number of ketones is 1. The summed E-state index contributed by atoms with van der Waals surface area (Å²) in [5, 5.41) is 9.89. The molecule has 0 heterocycles. The Bertz CT molecular complexity index is 359. The van der Waals surface area contributed by atoms with E-state index in [2.05, 4.69) is 33.9 Å². The number of Topliss-reactive ketones (excluding diaryl/α,β-unsaturated/α-hetero) is 1. The van der Waals surface area contributed by atoms with E-state index >= 15 is 0 Å². The van der Waals surface area contributed by atoms with Gasteiger partial charge in [0, 0.05) is 25.4 Å². The molecule has 2 fully saturated rings. The van der Waals surface area contributed by atoms with Crippen LogP contribution in [0.15, 0.2) is 0 Å².